The molecular weight excluding hydrogens is 214 g/mol. The first-order chi connectivity index (χ1) is 7.20. The van der Waals surface area contributed by atoms with Gasteiger partial charge in [-0.2, -0.15) is 0 Å². The number of carbonyl (C=O) groups excluding carboxylic acids is 1. The number of rotatable bonds is 1. The topological polar surface area (TPSA) is 87.3 Å². The summed E-state index contributed by atoms with van der Waals surface area (Å²) in [5.41, 5.74) is -0.345. The minimum Gasteiger partial charge on any atom is -0.441 e. The Bertz CT molecular complexity index is 430. The molecule has 0 radical (unpaired) electrons. The second kappa shape index (κ2) is 3.92. The first-order valence-corrected chi connectivity index (χ1v) is 4.65. The van der Waals surface area contributed by atoms with Crippen LogP contribution in [0.25, 0.3) is 0 Å². The van der Waals surface area contributed by atoms with Crippen LogP contribution in [0.1, 0.15) is 26.3 Å². The lowest BCUT2D eigenvalue weighted by Gasteiger charge is -2.17. The van der Waals surface area contributed by atoms with Crippen molar-refractivity contribution in [2.45, 2.75) is 33.3 Å². The first kappa shape index (κ1) is 12.2. The van der Waals surface area contributed by atoms with Gasteiger partial charge in [-0.05, 0) is 32.6 Å². The van der Waals surface area contributed by atoms with Crippen LogP contribution in [0.4, 0.5) is 10.6 Å². The smallest absolute Gasteiger partial charge is 0.441 e. The highest BCUT2D eigenvalue weighted by Crippen LogP contribution is 2.15. The maximum atomic E-state index is 11.5. The molecule has 1 heterocycles. The van der Waals surface area contributed by atoms with E-state index in [0.29, 0.717) is 5.56 Å². The summed E-state index contributed by atoms with van der Waals surface area (Å²) in [6.45, 7) is 6.62. The van der Waals surface area contributed by atoms with Gasteiger partial charge in [0, 0.05) is 0 Å². The second-order valence-electron chi connectivity index (χ2n) is 4.32. The molecular formula is C9H13N3O4. The van der Waals surface area contributed by atoms with Gasteiger partial charge < -0.3 is 14.9 Å². The van der Waals surface area contributed by atoms with Crippen molar-refractivity contribution in [2.24, 2.45) is 0 Å². The fourth-order valence-electron chi connectivity index (χ4n) is 1.03. The predicted octanol–water partition coefficient (Wildman–Crippen LogP) is 1.88. The summed E-state index contributed by atoms with van der Waals surface area (Å²) in [5, 5.41) is 14.1. The van der Waals surface area contributed by atoms with E-state index in [1.54, 1.807) is 20.8 Å². The van der Waals surface area contributed by atoms with E-state index in [2.05, 4.69) is 5.10 Å². The molecule has 0 saturated carbocycles. The van der Waals surface area contributed by atoms with Crippen LogP contribution >= 0.6 is 0 Å². The maximum absolute atomic E-state index is 11.5. The van der Waals surface area contributed by atoms with Crippen LogP contribution in [-0.2, 0) is 4.74 Å². The summed E-state index contributed by atoms with van der Waals surface area (Å²) in [7, 11) is 0. The van der Waals surface area contributed by atoms with Gasteiger partial charge in [-0.25, -0.2) is 4.79 Å². The summed E-state index contributed by atoms with van der Waals surface area (Å²) in [5.74, 6) is -0.342. The lowest BCUT2D eigenvalue weighted by molar-refractivity contribution is -0.390. The summed E-state index contributed by atoms with van der Waals surface area (Å²) in [6.07, 6.45) is 0.537. The Hall–Kier alpha value is -1.92. The Labute approximate surface area is 92.2 Å². The highest BCUT2D eigenvalue weighted by molar-refractivity contribution is 5.70. The monoisotopic (exact) mass is 227 g/mol. The van der Waals surface area contributed by atoms with Gasteiger partial charge >= 0.3 is 11.9 Å². The fraction of sp³-hybridized carbons (Fsp3) is 0.556. The first-order valence-electron chi connectivity index (χ1n) is 4.65. The number of nitrogens with zero attached hydrogens (tertiary/aromatic N) is 3. The largest absolute Gasteiger partial charge is 0.454 e. The molecule has 1 aromatic rings. The van der Waals surface area contributed by atoms with Crippen LogP contribution in [0.2, 0.25) is 0 Å². The molecule has 16 heavy (non-hydrogen) atoms. The molecule has 0 aromatic carbocycles. The zero-order chi connectivity index (χ0) is 12.5. The van der Waals surface area contributed by atoms with E-state index in [0.717, 1.165) is 4.68 Å². The van der Waals surface area contributed by atoms with Crippen LogP contribution in [0, 0.1) is 17.0 Å². The lowest BCUT2D eigenvalue weighted by atomic mass is 10.2. The second-order valence-corrected chi connectivity index (χ2v) is 4.32. The Balaban J connectivity index is 2.94. The molecule has 0 unspecified atom stereocenters. The number of carbonyl (C=O) groups is 1. The standard InChI is InChI=1S/C9H13N3O4/c1-6-5-11(10-7(6)12(14)15)8(13)16-9(2,3)4/h5H,1-4H3. The number of nitro groups is 1. The molecule has 0 spiro atoms. The molecule has 0 amide bonds. The number of hydrogen-bond acceptors (Lipinski definition) is 5. The molecule has 0 aliphatic rings. The van der Waals surface area contributed by atoms with E-state index >= 15 is 0 Å². The van der Waals surface area contributed by atoms with Crippen molar-refractivity contribution in [1.29, 1.82) is 0 Å². The molecule has 0 aliphatic heterocycles. The highest BCUT2D eigenvalue weighted by atomic mass is 16.6. The summed E-state index contributed by atoms with van der Waals surface area (Å²) >= 11 is 0. The van der Waals surface area contributed by atoms with Crippen molar-refractivity contribution in [1.82, 2.24) is 9.78 Å². The van der Waals surface area contributed by atoms with Crippen molar-refractivity contribution >= 4 is 11.9 Å². The van der Waals surface area contributed by atoms with Gasteiger partial charge in [-0.15, -0.1) is 0 Å². The quantitative estimate of drug-likeness (QED) is 0.540. The van der Waals surface area contributed by atoms with E-state index < -0.39 is 16.6 Å². The normalized spacial score (nSPS) is 11.2. The highest BCUT2D eigenvalue weighted by Gasteiger charge is 2.25. The van der Waals surface area contributed by atoms with Crippen molar-refractivity contribution in [3.63, 3.8) is 0 Å². The maximum Gasteiger partial charge on any atom is 0.454 e. The zero-order valence-corrected chi connectivity index (χ0v) is 9.55. The number of ether oxygens (including phenoxy) is 1. The van der Waals surface area contributed by atoms with E-state index in [9.17, 15) is 14.9 Å². The van der Waals surface area contributed by atoms with Gasteiger partial charge in [-0.3, -0.25) is 0 Å². The number of hydrogen-bond donors (Lipinski definition) is 0. The molecule has 0 saturated heterocycles. The minimum atomic E-state index is -0.733. The summed E-state index contributed by atoms with van der Waals surface area (Å²) in [6, 6.07) is 0. The average Bonchev–Trinajstić information content (AvgIpc) is 2.44. The molecule has 1 aromatic heterocycles. The molecule has 0 bridgehead atoms. The molecule has 0 N–H and O–H groups in total. The van der Waals surface area contributed by atoms with Gasteiger partial charge in [0.15, 0.2) is 0 Å². The molecule has 0 fully saturated rings. The van der Waals surface area contributed by atoms with E-state index in [-0.39, 0.29) is 5.82 Å². The Kier molecular flexibility index (Phi) is 2.97. The Morgan fingerprint density at radius 2 is 2.12 bits per heavy atom. The number of aryl methyl sites for hydroxylation is 1. The van der Waals surface area contributed by atoms with Crippen molar-refractivity contribution in [2.75, 3.05) is 0 Å². The van der Waals surface area contributed by atoms with E-state index in [1.807, 2.05) is 0 Å². The van der Waals surface area contributed by atoms with Gasteiger partial charge in [0.2, 0.25) is 0 Å². The van der Waals surface area contributed by atoms with Gasteiger partial charge in [0.1, 0.15) is 5.60 Å². The molecule has 0 aliphatic carbocycles. The van der Waals surface area contributed by atoms with Crippen molar-refractivity contribution in [3.8, 4) is 0 Å². The predicted molar refractivity (Wildman–Crippen MR) is 55.3 cm³/mol. The zero-order valence-electron chi connectivity index (χ0n) is 9.55. The van der Waals surface area contributed by atoms with Crippen LogP contribution in [0.5, 0.6) is 0 Å². The third-order valence-corrected chi connectivity index (χ3v) is 1.62. The average molecular weight is 227 g/mol. The van der Waals surface area contributed by atoms with Crippen molar-refractivity contribution < 1.29 is 14.5 Å². The number of aromatic nitrogens is 2. The van der Waals surface area contributed by atoms with Gasteiger partial charge in [0.25, 0.3) is 0 Å². The lowest BCUT2D eigenvalue weighted by Crippen LogP contribution is -2.27. The SMILES string of the molecule is Cc1cn(C(=O)OC(C)(C)C)nc1[N+](=O)[O-]. The Morgan fingerprint density at radius 1 is 1.56 bits per heavy atom. The van der Waals surface area contributed by atoms with Gasteiger partial charge in [0.05, 0.1) is 16.9 Å². The van der Waals surface area contributed by atoms with Crippen LogP contribution < -0.4 is 0 Å². The molecule has 88 valence electrons. The van der Waals surface area contributed by atoms with Crippen LogP contribution in [-0.4, -0.2) is 26.4 Å². The molecule has 0 atom stereocenters. The third kappa shape index (κ3) is 2.78. The van der Waals surface area contributed by atoms with Crippen LogP contribution in [0.15, 0.2) is 6.20 Å². The van der Waals surface area contributed by atoms with Gasteiger partial charge in [-0.1, -0.05) is 4.68 Å². The van der Waals surface area contributed by atoms with E-state index in [4.69, 9.17) is 4.74 Å². The third-order valence-electron chi connectivity index (χ3n) is 1.62. The summed E-state index contributed by atoms with van der Waals surface area (Å²) < 4.78 is 5.84. The molecule has 7 heteroatoms. The Morgan fingerprint density at radius 3 is 2.50 bits per heavy atom. The van der Waals surface area contributed by atoms with E-state index in [1.165, 1.54) is 13.1 Å². The summed E-state index contributed by atoms with van der Waals surface area (Å²) in [4.78, 5) is 21.4. The van der Waals surface area contributed by atoms with Crippen LogP contribution in [0.3, 0.4) is 0 Å². The minimum absolute atomic E-state index is 0.316. The fourth-order valence-corrected chi connectivity index (χ4v) is 1.03. The molecule has 1 rings (SSSR count). The molecule has 7 nitrogen and oxygen atoms in total. The van der Waals surface area contributed by atoms with Crippen molar-refractivity contribution in [3.05, 3.63) is 21.9 Å².